The lowest BCUT2D eigenvalue weighted by atomic mass is 10.2. The van der Waals surface area contributed by atoms with E-state index in [9.17, 15) is 14.0 Å². The summed E-state index contributed by atoms with van der Waals surface area (Å²) in [6.45, 7) is 0. The molecule has 102 valence electrons. The number of anilines is 1. The fourth-order valence-corrected chi connectivity index (χ4v) is 1.45. The number of pyridine rings is 1. The van der Waals surface area contributed by atoms with Crippen LogP contribution >= 0.6 is 0 Å². The third-order valence-corrected chi connectivity index (χ3v) is 2.49. The molecule has 0 saturated heterocycles. The van der Waals surface area contributed by atoms with Crippen molar-refractivity contribution in [1.82, 2.24) is 4.98 Å². The van der Waals surface area contributed by atoms with Crippen LogP contribution in [0.15, 0.2) is 36.5 Å². The molecular formula is C13H10FN3O3. The third-order valence-electron chi connectivity index (χ3n) is 2.49. The number of hydrogen-bond donors (Lipinski definition) is 3. The average Bonchev–Trinajstić information content (AvgIpc) is 2.43. The quantitative estimate of drug-likeness (QED) is 0.733. The summed E-state index contributed by atoms with van der Waals surface area (Å²) in [4.78, 5) is 26.5. The highest BCUT2D eigenvalue weighted by Gasteiger charge is 2.10. The van der Waals surface area contributed by atoms with E-state index >= 15 is 0 Å². The first kappa shape index (κ1) is 13.5. The van der Waals surface area contributed by atoms with E-state index in [1.165, 1.54) is 24.4 Å². The number of amides is 2. The number of carbonyl (C=O) groups excluding carboxylic acids is 2. The SMILES string of the molecule is NC(=O)c1ccc(C(=O)Nc2ccc(O)c(F)c2)nc1. The van der Waals surface area contributed by atoms with Gasteiger partial charge in [0.1, 0.15) is 5.69 Å². The van der Waals surface area contributed by atoms with Gasteiger partial charge in [0, 0.05) is 18.0 Å². The maximum atomic E-state index is 13.1. The fourth-order valence-electron chi connectivity index (χ4n) is 1.45. The van der Waals surface area contributed by atoms with E-state index in [0.717, 1.165) is 12.1 Å². The molecule has 2 aromatic rings. The van der Waals surface area contributed by atoms with Crippen LogP contribution in [-0.4, -0.2) is 21.9 Å². The minimum absolute atomic E-state index is 0.0449. The van der Waals surface area contributed by atoms with Gasteiger partial charge in [-0.2, -0.15) is 0 Å². The Bertz CT molecular complexity index is 671. The van der Waals surface area contributed by atoms with E-state index in [1.54, 1.807) is 0 Å². The first-order chi connectivity index (χ1) is 9.47. The molecule has 0 fully saturated rings. The molecular weight excluding hydrogens is 265 g/mol. The Labute approximate surface area is 113 Å². The number of nitrogens with zero attached hydrogens (tertiary/aromatic N) is 1. The number of aromatic nitrogens is 1. The number of benzene rings is 1. The van der Waals surface area contributed by atoms with Crippen LogP contribution in [0, 0.1) is 5.82 Å². The topological polar surface area (TPSA) is 105 Å². The van der Waals surface area contributed by atoms with Gasteiger partial charge < -0.3 is 16.2 Å². The van der Waals surface area contributed by atoms with Gasteiger partial charge >= 0.3 is 0 Å². The van der Waals surface area contributed by atoms with Gasteiger partial charge in [0.05, 0.1) is 5.56 Å². The third kappa shape index (κ3) is 2.89. The van der Waals surface area contributed by atoms with Gasteiger partial charge in [0.2, 0.25) is 5.91 Å². The number of rotatable bonds is 3. The number of primary amides is 1. The molecule has 1 heterocycles. The number of phenolic OH excluding ortho intramolecular Hbond substituents is 1. The van der Waals surface area contributed by atoms with Crippen LogP contribution in [0.4, 0.5) is 10.1 Å². The molecule has 0 spiro atoms. The zero-order valence-electron chi connectivity index (χ0n) is 10.1. The molecule has 20 heavy (non-hydrogen) atoms. The van der Waals surface area contributed by atoms with E-state index in [-0.39, 0.29) is 16.9 Å². The lowest BCUT2D eigenvalue weighted by molar-refractivity contribution is 0.0993. The Balaban J connectivity index is 2.15. The van der Waals surface area contributed by atoms with Crippen LogP contribution in [-0.2, 0) is 0 Å². The van der Waals surface area contributed by atoms with Crippen molar-refractivity contribution in [3.63, 3.8) is 0 Å². The zero-order valence-corrected chi connectivity index (χ0v) is 10.1. The van der Waals surface area contributed by atoms with Gasteiger partial charge in [-0.15, -0.1) is 0 Å². The minimum atomic E-state index is -0.847. The van der Waals surface area contributed by atoms with E-state index in [2.05, 4.69) is 10.3 Å². The van der Waals surface area contributed by atoms with Gasteiger partial charge in [-0.1, -0.05) is 0 Å². The van der Waals surface area contributed by atoms with Crippen molar-refractivity contribution in [1.29, 1.82) is 0 Å². The number of carbonyl (C=O) groups is 2. The number of phenols is 1. The van der Waals surface area contributed by atoms with Crippen molar-refractivity contribution in [3.05, 3.63) is 53.6 Å². The second kappa shape index (κ2) is 5.35. The molecule has 6 nitrogen and oxygen atoms in total. The van der Waals surface area contributed by atoms with Crippen LogP contribution in [0.1, 0.15) is 20.8 Å². The number of nitrogens with one attached hydrogen (secondary N) is 1. The van der Waals surface area contributed by atoms with Crippen molar-refractivity contribution in [2.75, 3.05) is 5.32 Å². The highest BCUT2D eigenvalue weighted by Crippen LogP contribution is 2.19. The van der Waals surface area contributed by atoms with Crippen molar-refractivity contribution >= 4 is 17.5 Å². The monoisotopic (exact) mass is 275 g/mol. The molecule has 0 aliphatic heterocycles. The molecule has 0 saturated carbocycles. The summed E-state index contributed by atoms with van der Waals surface area (Å²) in [5.41, 5.74) is 5.44. The highest BCUT2D eigenvalue weighted by atomic mass is 19.1. The summed E-state index contributed by atoms with van der Waals surface area (Å²) in [7, 11) is 0. The number of halogens is 1. The number of nitrogens with two attached hydrogens (primary N) is 1. The second-order valence-electron chi connectivity index (χ2n) is 3.92. The van der Waals surface area contributed by atoms with E-state index < -0.39 is 23.4 Å². The largest absolute Gasteiger partial charge is 0.505 e. The fraction of sp³-hybridized carbons (Fsp3) is 0. The smallest absolute Gasteiger partial charge is 0.274 e. The van der Waals surface area contributed by atoms with Gasteiger partial charge in [0.25, 0.3) is 5.91 Å². The second-order valence-corrected chi connectivity index (χ2v) is 3.92. The molecule has 1 aromatic heterocycles. The Morgan fingerprint density at radius 2 is 2.00 bits per heavy atom. The van der Waals surface area contributed by atoms with E-state index in [1.807, 2.05) is 0 Å². The molecule has 7 heteroatoms. The Morgan fingerprint density at radius 1 is 1.25 bits per heavy atom. The molecule has 0 radical (unpaired) electrons. The summed E-state index contributed by atoms with van der Waals surface area (Å²) in [6.07, 6.45) is 1.18. The van der Waals surface area contributed by atoms with Gasteiger partial charge in [-0.05, 0) is 24.3 Å². The molecule has 2 rings (SSSR count). The molecule has 0 unspecified atom stereocenters. The van der Waals surface area contributed by atoms with E-state index in [4.69, 9.17) is 10.8 Å². The maximum absolute atomic E-state index is 13.1. The van der Waals surface area contributed by atoms with Crippen molar-refractivity contribution in [2.24, 2.45) is 5.73 Å². The molecule has 0 aliphatic rings. The van der Waals surface area contributed by atoms with Crippen LogP contribution < -0.4 is 11.1 Å². The van der Waals surface area contributed by atoms with Gasteiger partial charge in [-0.25, -0.2) is 4.39 Å². The van der Waals surface area contributed by atoms with Gasteiger partial charge in [0.15, 0.2) is 11.6 Å². The predicted octanol–water partition coefficient (Wildman–Crippen LogP) is 1.28. The van der Waals surface area contributed by atoms with Crippen LogP contribution in [0.3, 0.4) is 0 Å². The van der Waals surface area contributed by atoms with Crippen molar-refractivity contribution in [2.45, 2.75) is 0 Å². The number of aromatic hydroxyl groups is 1. The van der Waals surface area contributed by atoms with Crippen molar-refractivity contribution in [3.8, 4) is 5.75 Å². The van der Waals surface area contributed by atoms with Crippen molar-refractivity contribution < 1.29 is 19.1 Å². The molecule has 1 aromatic carbocycles. The standard InChI is InChI=1S/C13H10FN3O3/c14-9-5-8(2-4-11(9)18)17-13(20)10-3-1-7(6-16-10)12(15)19/h1-6,18H,(H2,15,19)(H,17,20). The highest BCUT2D eigenvalue weighted by molar-refractivity contribution is 6.03. The van der Waals surface area contributed by atoms with Gasteiger partial charge in [-0.3, -0.25) is 14.6 Å². The molecule has 0 bridgehead atoms. The Hall–Kier alpha value is -2.96. The lowest BCUT2D eigenvalue weighted by Crippen LogP contribution is -2.16. The minimum Gasteiger partial charge on any atom is -0.505 e. The predicted molar refractivity (Wildman–Crippen MR) is 68.8 cm³/mol. The normalized spacial score (nSPS) is 10.1. The first-order valence-corrected chi connectivity index (χ1v) is 5.53. The zero-order chi connectivity index (χ0) is 14.7. The summed E-state index contributed by atoms with van der Waals surface area (Å²) >= 11 is 0. The van der Waals surface area contributed by atoms with Crippen LogP contribution in [0.2, 0.25) is 0 Å². The summed E-state index contributed by atoms with van der Waals surface area (Å²) in [5.74, 6) is -2.58. The summed E-state index contributed by atoms with van der Waals surface area (Å²) in [5, 5.41) is 11.4. The lowest BCUT2D eigenvalue weighted by Gasteiger charge is -2.05. The molecule has 2 amide bonds. The summed E-state index contributed by atoms with van der Waals surface area (Å²) in [6, 6.07) is 6.13. The van der Waals surface area contributed by atoms with Crippen LogP contribution in [0.5, 0.6) is 5.75 Å². The van der Waals surface area contributed by atoms with Crippen LogP contribution in [0.25, 0.3) is 0 Å². The first-order valence-electron chi connectivity index (χ1n) is 5.53. The summed E-state index contributed by atoms with van der Waals surface area (Å²) < 4.78 is 13.1. The average molecular weight is 275 g/mol. The van der Waals surface area contributed by atoms with E-state index in [0.29, 0.717) is 0 Å². The Kier molecular flexibility index (Phi) is 3.60. The molecule has 0 atom stereocenters. The Morgan fingerprint density at radius 3 is 2.55 bits per heavy atom. The number of hydrogen-bond acceptors (Lipinski definition) is 4. The maximum Gasteiger partial charge on any atom is 0.274 e. The molecule has 4 N–H and O–H groups in total. The molecule has 0 aliphatic carbocycles.